The van der Waals surface area contributed by atoms with E-state index < -0.39 is 0 Å². The third kappa shape index (κ3) is 3.26. The highest BCUT2D eigenvalue weighted by molar-refractivity contribution is 5.39. The number of methoxy groups -OCH3 is 1. The molecule has 22 heavy (non-hydrogen) atoms. The summed E-state index contributed by atoms with van der Waals surface area (Å²) >= 11 is 0. The first-order chi connectivity index (χ1) is 10.7. The zero-order valence-electron chi connectivity index (χ0n) is 12.3. The van der Waals surface area contributed by atoms with E-state index in [0.717, 1.165) is 11.4 Å². The van der Waals surface area contributed by atoms with E-state index in [4.69, 9.17) is 9.47 Å². The van der Waals surface area contributed by atoms with Crippen molar-refractivity contribution in [1.29, 1.82) is 0 Å². The Morgan fingerprint density at radius 2 is 2.09 bits per heavy atom. The summed E-state index contributed by atoms with van der Waals surface area (Å²) in [5.74, 6) is 1.73. The lowest BCUT2D eigenvalue weighted by Gasteiger charge is -2.08. The lowest BCUT2D eigenvalue weighted by atomic mass is 10.3. The van der Waals surface area contributed by atoms with E-state index in [-0.39, 0.29) is 0 Å². The average molecular weight is 297 g/mol. The maximum atomic E-state index is 5.82. The summed E-state index contributed by atoms with van der Waals surface area (Å²) in [6.07, 6.45) is 3.39. The lowest BCUT2D eigenvalue weighted by Crippen LogP contribution is -2.01. The zero-order chi connectivity index (χ0) is 15.4. The fourth-order valence-corrected chi connectivity index (χ4v) is 2.00. The molecule has 2 heterocycles. The molecule has 0 unspecified atom stereocenters. The third-order valence-corrected chi connectivity index (χ3v) is 2.88. The summed E-state index contributed by atoms with van der Waals surface area (Å²) in [7, 11) is 1.60. The molecule has 0 saturated heterocycles. The number of benzene rings is 1. The van der Waals surface area contributed by atoms with Crippen molar-refractivity contribution in [2.24, 2.45) is 0 Å². The molecule has 0 aliphatic heterocycles. The molecule has 0 amide bonds. The van der Waals surface area contributed by atoms with E-state index in [1.54, 1.807) is 30.3 Å². The first kappa shape index (κ1) is 14.2. The van der Waals surface area contributed by atoms with E-state index in [1.165, 1.54) is 0 Å². The monoisotopic (exact) mass is 297 g/mol. The van der Waals surface area contributed by atoms with Gasteiger partial charge in [0.25, 0.3) is 0 Å². The number of nitrogens with zero attached hydrogens (tertiary/aromatic N) is 5. The Labute approximate surface area is 127 Å². The molecule has 0 radical (unpaired) electrons. The van der Waals surface area contributed by atoms with Crippen LogP contribution >= 0.6 is 0 Å². The predicted octanol–water partition coefficient (Wildman–Crippen LogP) is 2.30. The largest absolute Gasteiger partial charge is 0.439 e. The molecule has 0 N–H and O–H groups in total. The van der Waals surface area contributed by atoms with E-state index in [0.29, 0.717) is 24.1 Å². The first-order valence-electron chi connectivity index (χ1n) is 6.73. The Hall–Kier alpha value is -2.80. The second-order valence-electron chi connectivity index (χ2n) is 4.64. The fourth-order valence-electron chi connectivity index (χ4n) is 2.00. The van der Waals surface area contributed by atoms with Crippen LogP contribution in [0.4, 0.5) is 0 Å². The van der Waals surface area contributed by atoms with Gasteiger partial charge in [0.05, 0.1) is 18.1 Å². The average Bonchev–Trinajstić information content (AvgIpc) is 3.01. The minimum atomic E-state index is 0.344. The molecule has 0 aliphatic rings. The van der Waals surface area contributed by atoms with Crippen LogP contribution in [0.1, 0.15) is 11.5 Å². The highest BCUT2D eigenvalue weighted by Gasteiger charge is 2.06. The van der Waals surface area contributed by atoms with Crippen molar-refractivity contribution in [1.82, 2.24) is 25.0 Å². The molecule has 3 aromatic rings. The van der Waals surface area contributed by atoms with Crippen LogP contribution in [0.5, 0.6) is 11.6 Å². The first-order valence-corrected chi connectivity index (χ1v) is 6.73. The van der Waals surface area contributed by atoms with Gasteiger partial charge >= 0.3 is 0 Å². The van der Waals surface area contributed by atoms with Gasteiger partial charge in [0.2, 0.25) is 5.88 Å². The maximum absolute atomic E-state index is 5.82. The van der Waals surface area contributed by atoms with Crippen LogP contribution in [-0.2, 0) is 11.3 Å². The van der Waals surface area contributed by atoms with Gasteiger partial charge in [-0.1, -0.05) is 11.3 Å². The number of aromatic nitrogens is 5. The number of aryl methyl sites for hydroxylation is 1. The van der Waals surface area contributed by atoms with Gasteiger partial charge in [0, 0.05) is 24.9 Å². The molecule has 0 bridgehead atoms. The van der Waals surface area contributed by atoms with Crippen LogP contribution in [0.25, 0.3) is 5.69 Å². The molecule has 0 atom stereocenters. The normalized spacial score (nSPS) is 10.6. The minimum Gasteiger partial charge on any atom is -0.439 e. The fraction of sp³-hybridized carbons (Fsp3) is 0.200. The number of hydrogen-bond acceptors (Lipinski definition) is 6. The molecule has 2 aromatic heterocycles. The molecule has 0 saturated carbocycles. The summed E-state index contributed by atoms with van der Waals surface area (Å²) in [5, 5.41) is 7.75. The van der Waals surface area contributed by atoms with Crippen LogP contribution in [0, 0.1) is 6.92 Å². The molecule has 1 aromatic carbocycles. The number of rotatable bonds is 5. The molecule has 7 heteroatoms. The molecule has 0 aliphatic carbocycles. The molecule has 3 rings (SSSR count). The van der Waals surface area contributed by atoms with E-state index >= 15 is 0 Å². The minimum absolute atomic E-state index is 0.344. The van der Waals surface area contributed by atoms with Crippen LogP contribution in [0.3, 0.4) is 0 Å². The Kier molecular flexibility index (Phi) is 4.06. The van der Waals surface area contributed by atoms with Gasteiger partial charge in [-0.05, 0) is 19.1 Å². The standard InChI is InChI=1S/C15H15N5O2/c1-11-8-15(18-14(17-11)10-21-2)22-13-5-3-4-12(9-13)20-7-6-16-19-20/h3-9H,10H2,1-2H3. The number of ether oxygens (including phenoxy) is 2. The van der Waals surface area contributed by atoms with E-state index in [1.807, 2.05) is 31.2 Å². The van der Waals surface area contributed by atoms with Gasteiger partial charge in [-0.15, -0.1) is 5.10 Å². The second kappa shape index (κ2) is 6.31. The SMILES string of the molecule is COCc1nc(C)cc(Oc2cccc(-n3ccnn3)c2)n1. The predicted molar refractivity (Wildman–Crippen MR) is 78.9 cm³/mol. The van der Waals surface area contributed by atoms with Crippen molar-refractivity contribution >= 4 is 0 Å². The smallest absolute Gasteiger partial charge is 0.222 e. The molecule has 0 spiro atoms. The third-order valence-electron chi connectivity index (χ3n) is 2.88. The Morgan fingerprint density at radius 3 is 2.86 bits per heavy atom. The summed E-state index contributed by atoms with van der Waals surface area (Å²) in [6, 6.07) is 9.30. The summed E-state index contributed by atoms with van der Waals surface area (Å²) in [5.41, 5.74) is 1.68. The summed E-state index contributed by atoms with van der Waals surface area (Å²) < 4.78 is 12.5. The Bertz CT molecular complexity index is 758. The van der Waals surface area contributed by atoms with E-state index in [9.17, 15) is 0 Å². The lowest BCUT2D eigenvalue weighted by molar-refractivity contribution is 0.177. The van der Waals surface area contributed by atoms with Crippen LogP contribution in [-0.4, -0.2) is 32.1 Å². The van der Waals surface area contributed by atoms with Gasteiger partial charge < -0.3 is 9.47 Å². The van der Waals surface area contributed by atoms with Gasteiger partial charge in [-0.3, -0.25) is 0 Å². The van der Waals surface area contributed by atoms with Crippen molar-refractivity contribution < 1.29 is 9.47 Å². The summed E-state index contributed by atoms with van der Waals surface area (Å²) in [4.78, 5) is 8.60. The van der Waals surface area contributed by atoms with Crippen molar-refractivity contribution in [3.63, 3.8) is 0 Å². The Balaban J connectivity index is 1.85. The summed E-state index contributed by atoms with van der Waals surface area (Å²) in [6.45, 7) is 2.23. The Morgan fingerprint density at radius 1 is 1.18 bits per heavy atom. The molecular weight excluding hydrogens is 282 g/mol. The van der Waals surface area contributed by atoms with Gasteiger partial charge in [-0.25, -0.2) is 9.67 Å². The van der Waals surface area contributed by atoms with Crippen molar-refractivity contribution in [3.05, 3.63) is 54.2 Å². The van der Waals surface area contributed by atoms with Crippen molar-refractivity contribution in [3.8, 4) is 17.3 Å². The van der Waals surface area contributed by atoms with Gasteiger partial charge in [0.15, 0.2) is 5.82 Å². The van der Waals surface area contributed by atoms with Crippen LogP contribution in [0.2, 0.25) is 0 Å². The van der Waals surface area contributed by atoms with E-state index in [2.05, 4.69) is 20.3 Å². The maximum Gasteiger partial charge on any atom is 0.222 e. The zero-order valence-corrected chi connectivity index (χ0v) is 12.3. The van der Waals surface area contributed by atoms with Crippen LogP contribution < -0.4 is 4.74 Å². The van der Waals surface area contributed by atoms with Crippen molar-refractivity contribution in [2.75, 3.05) is 7.11 Å². The quantitative estimate of drug-likeness (QED) is 0.719. The molecule has 112 valence electrons. The topological polar surface area (TPSA) is 75.0 Å². The van der Waals surface area contributed by atoms with Crippen molar-refractivity contribution in [2.45, 2.75) is 13.5 Å². The highest BCUT2D eigenvalue weighted by Crippen LogP contribution is 2.22. The molecule has 0 fully saturated rings. The van der Waals surface area contributed by atoms with Gasteiger partial charge in [0.1, 0.15) is 12.4 Å². The second-order valence-corrected chi connectivity index (χ2v) is 4.64. The molecule has 7 nitrogen and oxygen atoms in total. The highest BCUT2D eigenvalue weighted by atomic mass is 16.5. The van der Waals surface area contributed by atoms with Gasteiger partial charge in [-0.2, -0.15) is 4.98 Å². The van der Waals surface area contributed by atoms with Crippen LogP contribution in [0.15, 0.2) is 42.7 Å². The molecular formula is C15H15N5O2. The number of hydrogen-bond donors (Lipinski definition) is 0.